The van der Waals surface area contributed by atoms with Crippen LogP contribution in [0.5, 0.6) is 0 Å². The number of carboxylic acids is 1. The average molecular weight is 219 g/mol. The van der Waals surface area contributed by atoms with Crippen LogP contribution in [0.2, 0.25) is 0 Å². The zero-order valence-corrected chi connectivity index (χ0v) is 7.82. The van der Waals surface area contributed by atoms with Gasteiger partial charge in [0.15, 0.2) is 11.5 Å². The Kier molecular flexibility index (Phi) is 2.20. The molecule has 2 heterocycles. The van der Waals surface area contributed by atoms with Crippen molar-refractivity contribution in [2.75, 3.05) is 4.90 Å². The summed E-state index contributed by atoms with van der Waals surface area (Å²) in [6, 6.07) is 0. The SMILES string of the molecule is O=C(O)c1nccnc1N1C(=O)C=CC1=O. The number of aromatic nitrogens is 2. The van der Waals surface area contributed by atoms with Crippen molar-refractivity contribution in [2.45, 2.75) is 0 Å². The van der Waals surface area contributed by atoms with Crippen molar-refractivity contribution < 1.29 is 19.5 Å². The van der Waals surface area contributed by atoms with E-state index in [0.29, 0.717) is 4.90 Å². The zero-order chi connectivity index (χ0) is 11.7. The maximum atomic E-state index is 11.3. The minimum atomic E-state index is -1.35. The van der Waals surface area contributed by atoms with Crippen LogP contribution in [-0.4, -0.2) is 32.9 Å². The highest BCUT2D eigenvalue weighted by Gasteiger charge is 2.30. The third kappa shape index (κ3) is 1.44. The van der Waals surface area contributed by atoms with Gasteiger partial charge in [0.25, 0.3) is 11.8 Å². The van der Waals surface area contributed by atoms with Crippen molar-refractivity contribution in [1.82, 2.24) is 9.97 Å². The van der Waals surface area contributed by atoms with E-state index >= 15 is 0 Å². The predicted octanol–water partition coefficient (Wildman–Crippen LogP) is -0.396. The van der Waals surface area contributed by atoms with Crippen LogP contribution in [0.4, 0.5) is 5.82 Å². The number of carboxylic acid groups (broad SMARTS) is 1. The van der Waals surface area contributed by atoms with E-state index in [2.05, 4.69) is 9.97 Å². The molecule has 0 spiro atoms. The third-order valence-corrected chi connectivity index (χ3v) is 1.90. The number of hydrogen-bond acceptors (Lipinski definition) is 5. The molecule has 0 aliphatic carbocycles. The molecule has 0 aromatic carbocycles. The quantitative estimate of drug-likeness (QED) is 0.679. The number of hydrogen-bond donors (Lipinski definition) is 1. The van der Waals surface area contributed by atoms with E-state index in [1.54, 1.807) is 0 Å². The number of rotatable bonds is 2. The van der Waals surface area contributed by atoms with Gasteiger partial charge in [0.1, 0.15) is 0 Å². The van der Waals surface area contributed by atoms with Crippen LogP contribution in [0, 0.1) is 0 Å². The molecule has 1 aromatic heterocycles. The molecule has 0 saturated carbocycles. The summed E-state index contributed by atoms with van der Waals surface area (Å²) >= 11 is 0. The van der Waals surface area contributed by atoms with Gasteiger partial charge in [0.05, 0.1) is 0 Å². The Balaban J connectivity index is 2.52. The van der Waals surface area contributed by atoms with Crippen LogP contribution in [0.3, 0.4) is 0 Å². The molecule has 80 valence electrons. The Morgan fingerprint density at radius 2 is 1.69 bits per heavy atom. The van der Waals surface area contributed by atoms with Crippen LogP contribution in [-0.2, 0) is 9.59 Å². The van der Waals surface area contributed by atoms with Gasteiger partial charge in [0, 0.05) is 24.5 Å². The summed E-state index contributed by atoms with van der Waals surface area (Å²) in [6.45, 7) is 0. The van der Waals surface area contributed by atoms with Gasteiger partial charge in [-0.15, -0.1) is 0 Å². The fourth-order valence-corrected chi connectivity index (χ4v) is 1.25. The summed E-state index contributed by atoms with van der Waals surface area (Å²) < 4.78 is 0. The minimum Gasteiger partial charge on any atom is -0.476 e. The van der Waals surface area contributed by atoms with E-state index in [9.17, 15) is 14.4 Å². The zero-order valence-electron chi connectivity index (χ0n) is 7.82. The molecule has 1 N–H and O–H groups in total. The second-order valence-electron chi connectivity index (χ2n) is 2.88. The van der Waals surface area contributed by atoms with E-state index in [1.165, 1.54) is 12.4 Å². The lowest BCUT2D eigenvalue weighted by atomic mass is 10.3. The molecule has 7 heteroatoms. The monoisotopic (exact) mass is 219 g/mol. The van der Waals surface area contributed by atoms with E-state index in [1.807, 2.05) is 0 Å². The fourth-order valence-electron chi connectivity index (χ4n) is 1.25. The standard InChI is InChI=1S/C9H5N3O4/c13-5-1-2-6(14)12(5)8-7(9(15)16)10-3-4-11-8/h1-4H,(H,15,16). The van der Waals surface area contributed by atoms with Gasteiger partial charge in [-0.3, -0.25) is 9.59 Å². The lowest BCUT2D eigenvalue weighted by molar-refractivity contribution is -0.120. The van der Waals surface area contributed by atoms with Crippen LogP contribution in [0.25, 0.3) is 0 Å². The van der Waals surface area contributed by atoms with Crippen molar-refractivity contribution in [2.24, 2.45) is 0 Å². The van der Waals surface area contributed by atoms with E-state index in [-0.39, 0.29) is 5.82 Å². The van der Waals surface area contributed by atoms with Gasteiger partial charge < -0.3 is 5.11 Å². The Morgan fingerprint density at radius 1 is 1.12 bits per heavy atom. The number of carbonyl (C=O) groups is 3. The molecule has 0 atom stereocenters. The van der Waals surface area contributed by atoms with Gasteiger partial charge in [-0.25, -0.2) is 19.7 Å². The smallest absolute Gasteiger partial charge is 0.358 e. The topological polar surface area (TPSA) is 100 Å². The van der Waals surface area contributed by atoms with Crippen LogP contribution in [0.15, 0.2) is 24.5 Å². The number of aromatic carboxylic acids is 1. The number of amides is 2. The molecular formula is C9H5N3O4. The third-order valence-electron chi connectivity index (χ3n) is 1.90. The second-order valence-corrected chi connectivity index (χ2v) is 2.88. The maximum Gasteiger partial charge on any atom is 0.358 e. The second kappa shape index (κ2) is 3.54. The first-order valence-corrected chi connectivity index (χ1v) is 4.21. The molecule has 1 aliphatic heterocycles. The molecule has 7 nitrogen and oxygen atoms in total. The van der Waals surface area contributed by atoms with Gasteiger partial charge in [-0.1, -0.05) is 0 Å². The Morgan fingerprint density at radius 3 is 2.25 bits per heavy atom. The maximum absolute atomic E-state index is 11.3. The summed E-state index contributed by atoms with van der Waals surface area (Å²) in [7, 11) is 0. The highest BCUT2D eigenvalue weighted by Crippen LogP contribution is 2.18. The fraction of sp³-hybridized carbons (Fsp3) is 0. The summed E-state index contributed by atoms with van der Waals surface area (Å²) in [6.07, 6.45) is 4.47. The molecule has 2 amide bonds. The lowest BCUT2D eigenvalue weighted by Gasteiger charge is -2.13. The molecule has 0 bridgehead atoms. The number of carbonyl (C=O) groups excluding carboxylic acids is 2. The highest BCUT2D eigenvalue weighted by molar-refractivity contribution is 6.28. The Hall–Kier alpha value is -2.57. The van der Waals surface area contributed by atoms with Crippen LogP contribution >= 0.6 is 0 Å². The first-order chi connectivity index (χ1) is 7.61. The highest BCUT2D eigenvalue weighted by atomic mass is 16.4. The van der Waals surface area contributed by atoms with E-state index < -0.39 is 23.5 Å². The lowest BCUT2D eigenvalue weighted by Crippen LogP contribution is -2.32. The molecular weight excluding hydrogens is 214 g/mol. The minimum absolute atomic E-state index is 0.269. The van der Waals surface area contributed by atoms with Gasteiger partial charge >= 0.3 is 5.97 Å². The summed E-state index contributed by atoms with van der Waals surface area (Å²) in [5, 5.41) is 8.83. The first kappa shape index (κ1) is 9.97. The number of anilines is 1. The molecule has 0 fully saturated rings. The summed E-state index contributed by atoms with van der Waals surface area (Å²) in [5.74, 6) is -2.88. The van der Waals surface area contributed by atoms with Gasteiger partial charge in [-0.2, -0.15) is 0 Å². The van der Waals surface area contributed by atoms with Crippen LogP contribution < -0.4 is 4.90 Å². The normalized spacial score (nSPS) is 14.6. The van der Waals surface area contributed by atoms with E-state index in [4.69, 9.17) is 5.11 Å². The van der Waals surface area contributed by atoms with E-state index in [0.717, 1.165) is 12.2 Å². The van der Waals surface area contributed by atoms with Crippen molar-refractivity contribution >= 4 is 23.6 Å². The predicted molar refractivity (Wildman–Crippen MR) is 50.6 cm³/mol. The van der Waals surface area contributed by atoms with Gasteiger partial charge in [0.2, 0.25) is 0 Å². The Labute approximate surface area is 89.0 Å². The summed E-state index contributed by atoms with van der Waals surface area (Å²) in [5.41, 5.74) is -0.437. The Bertz CT molecular complexity index is 505. The largest absolute Gasteiger partial charge is 0.476 e. The average Bonchev–Trinajstić information content (AvgIpc) is 2.58. The molecule has 1 aliphatic rings. The van der Waals surface area contributed by atoms with Crippen molar-refractivity contribution in [3.8, 4) is 0 Å². The summed E-state index contributed by atoms with van der Waals surface area (Å²) in [4.78, 5) is 41.4. The first-order valence-electron chi connectivity index (χ1n) is 4.21. The van der Waals surface area contributed by atoms with Crippen molar-refractivity contribution in [3.05, 3.63) is 30.2 Å². The molecule has 0 radical (unpaired) electrons. The number of nitrogens with zero attached hydrogens (tertiary/aromatic N) is 3. The van der Waals surface area contributed by atoms with Crippen molar-refractivity contribution in [1.29, 1.82) is 0 Å². The van der Waals surface area contributed by atoms with Gasteiger partial charge in [-0.05, 0) is 0 Å². The molecule has 1 aromatic rings. The molecule has 2 rings (SSSR count). The molecule has 0 saturated heterocycles. The molecule has 16 heavy (non-hydrogen) atoms. The molecule has 0 unspecified atom stereocenters. The van der Waals surface area contributed by atoms with Crippen molar-refractivity contribution in [3.63, 3.8) is 0 Å². The van der Waals surface area contributed by atoms with Crippen LogP contribution in [0.1, 0.15) is 10.5 Å². The number of imide groups is 1.